The number of benzene rings is 3. The van der Waals surface area contributed by atoms with Gasteiger partial charge in [-0.1, -0.05) is 66.2 Å². The third kappa shape index (κ3) is 7.46. The van der Waals surface area contributed by atoms with Crippen LogP contribution in [0.3, 0.4) is 0 Å². The first-order valence-corrected chi connectivity index (χ1v) is 18.3. The molecule has 2 aliphatic heterocycles. The molecule has 0 aliphatic carbocycles. The van der Waals surface area contributed by atoms with E-state index in [1.807, 2.05) is 61.5 Å². The monoisotopic (exact) mass is 711 g/mol. The van der Waals surface area contributed by atoms with Crippen molar-refractivity contribution in [2.45, 2.75) is 50.0 Å². The Morgan fingerprint density at radius 2 is 1.82 bits per heavy atom. The number of nitrogens with zero attached hydrogens (tertiary/aromatic N) is 2. The molecule has 10 nitrogen and oxygen atoms in total. The molecular weight excluding hydrogens is 675 g/mol. The van der Waals surface area contributed by atoms with Crippen molar-refractivity contribution in [2.24, 2.45) is 0 Å². The summed E-state index contributed by atoms with van der Waals surface area (Å²) in [5.41, 5.74) is -2.53. The maximum Gasteiger partial charge on any atom is 0.399 e. The zero-order valence-corrected chi connectivity index (χ0v) is 28.3. The van der Waals surface area contributed by atoms with Gasteiger partial charge in [-0.25, -0.2) is 0 Å². The summed E-state index contributed by atoms with van der Waals surface area (Å²) in [6.45, 7) is 3.39. The SMILES string of the molecule is Cc1cccc(C[C@H](NC(=O)c2cc3cc(C(F)(F)P(=O)(O)O)ccc3s2)C(=O)N2CCC[C@H]2C(=O)N2CCO[C@H](c3ccccc3)C2)c1. The number of hydrogen-bond donors (Lipinski definition) is 3. The van der Waals surface area contributed by atoms with Crippen molar-refractivity contribution in [1.82, 2.24) is 15.1 Å². The topological polar surface area (TPSA) is 136 Å². The van der Waals surface area contributed by atoms with E-state index in [1.165, 1.54) is 12.1 Å². The first-order chi connectivity index (χ1) is 23.3. The molecule has 3 heterocycles. The number of rotatable bonds is 9. The molecule has 2 fully saturated rings. The van der Waals surface area contributed by atoms with Gasteiger partial charge in [-0.15, -0.1) is 11.3 Å². The standard InChI is InChI=1S/C35H36F2N3O7PS/c1-22-7-5-8-23(17-22)18-27(38-32(41)31-20-25-19-26(12-13-30(25)49-31)35(36,37)48(44,45)46)33(42)40-14-6-11-28(40)34(43)39-15-16-47-29(21-39)24-9-3-2-4-10-24/h2-5,7-10,12-13,17,19-20,27-29H,6,11,14-16,18,21H2,1H3,(H,38,41)(H2,44,45,46)/t27-,28-,29-/m0/s1. The van der Waals surface area contributed by atoms with Crippen molar-refractivity contribution in [3.8, 4) is 0 Å². The van der Waals surface area contributed by atoms with Crippen molar-refractivity contribution >= 4 is 46.7 Å². The van der Waals surface area contributed by atoms with Gasteiger partial charge in [0.1, 0.15) is 18.2 Å². The highest BCUT2D eigenvalue weighted by molar-refractivity contribution is 7.52. The second-order valence-electron chi connectivity index (χ2n) is 12.4. The number of carbonyl (C=O) groups excluding carboxylic acids is 3. The molecular formula is C35H36F2N3O7PS. The molecule has 2 aliphatic rings. The Morgan fingerprint density at radius 3 is 2.55 bits per heavy atom. The van der Waals surface area contributed by atoms with E-state index in [0.717, 1.165) is 40.2 Å². The average Bonchev–Trinajstić information content (AvgIpc) is 3.75. The van der Waals surface area contributed by atoms with Crippen molar-refractivity contribution in [2.75, 3.05) is 26.2 Å². The predicted octanol–water partition coefficient (Wildman–Crippen LogP) is 5.37. The van der Waals surface area contributed by atoms with Crippen LogP contribution >= 0.6 is 18.9 Å². The van der Waals surface area contributed by atoms with Gasteiger partial charge in [-0.2, -0.15) is 8.78 Å². The van der Waals surface area contributed by atoms with Crippen LogP contribution in [0.5, 0.6) is 0 Å². The van der Waals surface area contributed by atoms with Gasteiger partial charge >= 0.3 is 13.3 Å². The van der Waals surface area contributed by atoms with Crippen LogP contribution in [-0.4, -0.2) is 75.6 Å². The van der Waals surface area contributed by atoms with Gasteiger partial charge in [0.2, 0.25) is 11.8 Å². The van der Waals surface area contributed by atoms with E-state index < -0.39 is 42.7 Å². The number of thiophene rings is 1. The molecule has 3 N–H and O–H groups in total. The molecule has 4 aromatic rings. The molecule has 0 bridgehead atoms. The van der Waals surface area contributed by atoms with Crippen LogP contribution in [0.25, 0.3) is 10.1 Å². The number of ether oxygens (including phenoxy) is 1. The number of halogens is 2. The minimum atomic E-state index is -5.78. The number of hydrogen-bond acceptors (Lipinski definition) is 6. The fraction of sp³-hybridized carbons (Fsp3) is 0.343. The molecule has 1 aromatic heterocycles. The Hall–Kier alpha value is -4.00. The summed E-state index contributed by atoms with van der Waals surface area (Å²) in [4.78, 5) is 63.6. The van der Waals surface area contributed by atoms with E-state index in [-0.39, 0.29) is 28.7 Å². The van der Waals surface area contributed by atoms with Crippen molar-refractivity contribution in [3.63, 3.8) is 0 Å². The highest BCUT2D eigenvalue weighted by Crippen LogP contribution is 2.59. The van der Waals surface area contributed by atoms with Crippen LogP contribution in [-0.2, 0) is 31.0 Å². The summed E-state index contributed by atoms with van der Waals surface area (Å²) in [5.74, 6) is -1.18. The highest BCUT2D eigenvalue weighted by Gasteiger charge is 2.50. The van der Waals surface area contributed by atoms with Gasteiger partial charge in [-0.05, 0) is 54.5 Å². The van der Waals surface area contributed by atoms with Crippen LogP contribution in [0, 0.1) is 6.92 Å². The van der Waals surface area contributed by atoms with Crippen LogP contribution in [0.4, 0.5) is 8.78 Å². The van der Waals surface area contributed by atoms with Crippen LogP contribution in [0.15, 0.2) is 78.9 Å². The summed E-state index contributed by atoms with van der Waals surface area (Å²) in [6.07, 6.45) is 0.984. The highest BCUT2D eigenvalue weighted by atomic mass is 32.1. The second kappa shape index (κ2) is 14.1. The lowest BCUT2D eigenvalue weighted by atomic mass is 10.0. The number of aryl methyl sites for hydroxylation is 1. The number of morpholine rings is 1. The van der Waals surface area contributed by atoms with Crippen LogP contribution in [0.1, 0.15) is 50.9 Å². The van der Waals surface area contributed by atoms with Gasteiger partial charge < -0.3 is 29.6 Å². The summed E-state index contributed by atoms with van der Waals surface area (Å²) < 4.78 is 46.6. The molecule has 3 atom stereocenters. The number of amides is 3. The average molecular weight is 712 g/mol. The van der Waals surface area contributed by atoms with Gasteiger partial charge in [0.25, 0.3) is 5.91 Å². The minimum Gasteiger partial charge on any atom is -0.370 e. The van der Waals surface area contributed by atoms with Crippen LogP contribution < -0.4 is 5.32 Å². The normalized spacial score (nSPS) is 19.2. The maximum absolute atomic E-state index is 14.4. The molecule has 0 unspecified atom stereocenters. The van der Waals surface area contributed by atoms with Crippen LogP contribution in [0.2, 0.25) is 0 Å². The molecule has 0 spiro atoms. The summed E-state index contributed by atoms with van der Waals surface area (Å²) in [7, 11) is -5.78. The van der Waals surface area contributed by atoms with Gasteiger partial charge in [0.15, 0.2) is 0 Å². The number of nitrogens with one attached hydrogen (secondary N) is 1. The fourth-order valence-electron chi connectivity index (χ4n) is 6.43. The van der Waals surface area contributed by atoms with E-state index in [1.54, 1.807) is 9.80 Å². The van der Waals surface area contributed by atoms with E-state index in [4.69, 9.17) is 14.5 Å². The van der Waals surface area contributed by atoms with Crippen molar-refractivity contribution in [3.05, 3.63) is 106 Å². The van der Waals surface area contributed by atoms with E-state index >= 15 is 0 Å². The Bertz CT molecular complexity index is 1920. The molecule has 3 amide bonds. The van der Waals surface area contributed by atoms with Gasteiger partial charge in [0.05, 0.1) is 18.0 Å². The molecule has 2 saturated heterocycles. The lowest BCUT2D eigenvalue weighted by Crippen LogP contribution is -2.56. The molecule has 258 valence electrons. The molecule has 0 radical (unpaired) electrons. The smallest absolute Gasteiger partial charge is 0.370 e. The van der Waals surface area contributed by atoms with Gasteiger partial charge in [-0.3, -0.25) is 18.9 Å². The summed E-state index contributed by atoms with van der Waals surface area (Å²) in [6, 6.07) is 20.0. The summed E-state index contributed by atoms with van der Waals surface area (Å²) in [5, 5.41) is 3.04. The van der Waals surface area contributed by atoms with Crippen molar-refractivity contribution in [1.29, 1.82) is 0 Å². The summed E-state index contributed by atoms with van der Waals surface area (Å²) >= 11 is 1.00. The molecule has 6 rings (SSSR count). The van der Waals surface area contributed by atoms with E-state index in [9.17, 15) is 27.7 Å². The zero-order valence-electron chi connectivity index (χ0n) is 26.6. The Balaban J connectivity index is 1.23. The number of likely N-dealkylation sites (tertiary alicyclic amines) is 1. The fourth-order valence-corrected chi connectivity index (χ4v) is 7.85. The molecule has 3 aromatic carbocycles. The predicted molar refractivity (Wildman–Crippen MR) is 180 cm³/mol. The first-order valence-electron chi connectivity index (χ1n) is 15.9. The van der Waals surface area contributed by atoms with Gasteiger partial charge in [0, 0.05) is 29.8 Å². The minimum absolute atomic E-state index is 0.128. The zero-order chi connectivity index (χ0) is 34.9. The molecule has 14 heteroatoms. The largest absolute Gasteiger partial charge is 0.399 e. The second-order valence-corrected chi connectivity index (χ2v) is 15.1. The maximum atomic E-state index is 14.4. The number of carbonyl (C=O) groups is 3. The number of fused-ring (bicyclic) bond motifs is 1. The van der Waals surface area contributed by atoms with E-state index in [2.05, 4.69) is 5.32 Å². The van der Waals surface area contributed by atoms with E-state index in [0.29, 0.717) is 43.8 Å². The first kappa shape index (κ1) is 34.8. The third-order valence-electron chi connectivity index (χ3n) is 8.95. The Kier molecular flexibility index (Phi) is 10.0. The number of alkyl halides is 2. The quantitative estimate of drug-likeness (QED) is 0.199. The van der Waals surface area contributed by atoms with Crippen molar-refractivity contribution < 1.29 is 42.3 Å². The Labute approximate surface area is 285 Å². The molecule has 0 saturated carbocycles. The Morgan fingerprint density at radius 1 is 1.04 bits per heavy atom. The third-order valence-corrected chi connectivity index (χ3v) is 11.1. The lowest BCUT2D eigenvalue weighted by molar-refractivity contribution is -0.149. The lowest BCUT2D eigenvalue weighted by Gasteiger charge is -2.37. The molecule has 49 heavy (non-hydrogen) atoms.